The van der Waals surface area contributed by atoms with Gasteiger partial charge >= 0.3 is 0 Å². The first-order chi connectivity index (χ1) is 10.8. The van der Waals surface area contributed by atoms with Crippen molar-refractivity contribution in [2.45, 2.75) is 44.7 Å². The normalized spacial score (nSPS) is 19.1. The van der Waals surface area contributed by atoms with Gasteiger partial charge in [0.1, 0.15) is 12.7 Å². The molecule has 0 N–H and O–H groups in total. The summed E-state index contributed by atoms with van der Waals surface area (Å²) < 4.78 is 3.85. The van der Waals surface area contributed by atoms with E-state index in [2.05, 4.69) is 44.9 Å². The molecule has 1 fully saturated rings. The van der Waals surface area contributed by atoms with Gasteiger partial charge in [-0.05, 0) is 25.0 Å². The van der Waals surface area contributed by atoms with Gasteiger partial charge in [0.2, 0.25) is 5.91 Å². The topological polar surface area (TPSA) is 56.0 Å². The fraction of sp³-hybridized carbons (Fsp3) is 0.562. The fourth-order valence-corrected chi connectivity index (χ4v) is 3.24. The number of carbonyl (C=O) groups excluding carboxylic acids is 1. The number of nitrogens with zero attached hydrogens (tertiary/aromatic N) is 5. The summed E-state index contributed by atoms with van der Waals surface area (Å²) in [6, 6.07) is 4.39. The van der Waals surface area contributed by atoms with E-state index in [1.807, 2.05) is 0 Å². The third-order valence-electron chi connectivity index (χ3n) is 4.42. The highest BCUT2D eigenvalue weighted by atomic mass is 16.2. The molecule has 0 saturated carbocycles. The molecule has 2 aromatic rings. The Hall–Kier alpha value is -2.11. The van der Waals surface area contributed by atoms with E-state index in [0.717, 1.165) is 19.4 Å². The van der Waals surface area contributed by atoms with Crippen molar-refractivity contribution in [3.05, 3.63) is 36.7 Å². The molecule has 1 aliphatic heterocycles. The van der Waals surface area contributed by atoms with Gasteiger partial charge in [-0.25, -0.2) is 4.98 Å². The van der Waals surface area contributed by atoms with Gasteiger partial charge in [0.25, 0.3) is 0 Å². The molecule has 6 nitrogen and oxygen atoms in total. The summed E-state index contributed by atoms with van der Waals surface area (Å²) in [6.07, 6.45) is 10.2. The van der Waals surface area contributed by atoms with E-state index in [4.69, 9.17) is 0 Å². The molecule has 2 aromatic heterocycles. The average Bonchev–Trinajstić information content (AvgIpc) is 3.12. The van der Waals surface area contributed by atoms with Crippen molar-refractivity contribution in [3.8, 4) is 0 Å². The van der Waals surface area contributed by atoms with Crippen LogP contribution in [0.3, 0.4) is 0 Å². The molecular weight excluding hydrogens is 278 g/mol. The van der Waals surface area contributed by atoms with Crippen LogP contribution in [0.5, 0.6) is 0 Å². The van der Waals surface area contributed by atoms with Gasteiger partial charge in [0.15, 0.2) is 0 Å². The third kappa shape index (κ3) is 3.21. The Morgan fingerprint density at radius 2 is 2.27 bits per heavy atom. The molecule has 0 bridgehead atoms. The van der Waals surface area contributed by atoms with Gasteiger partial charge in [-0.2, -0.15) is 5.10 Å². The van der Waals surface area contributed by atoms with Gasteiger partial charge < -0.3 is 9.47 Å². The standard InChI is InChI=1S/C16H23N5O/c1-19-9-5-7-14(19)15-6-3-2-4-10-21(15)16(22)8-11-20-13-17-12-18-20/h5,7,9,12-13,15H,2-4,6,8,10-11H2,1H3. The monoisotopic (exact) mass is 301 g/mol. The highest BCUT2D eigenvalue weighted by Crippen LogP contribution is 2.30. The number of likely N-dealkylation sites (tertiary alicyclic amines) is 1. The van der Waals surface area contributed by atoms with Crippen LogP contribution >= 0.6 is 0 Å². The van der Waals surface area contributed by atoms with E-state index in [-0.39, 0.29) is 11.9 Å². The van der Waals surface area contributed by atoms with Crippen LogP contribution in [-0.4, -0.2) is 36.7 Å². The van der Waals surface area contributed by atoms with Gasteiger partial charge in [-0.1, -0.05) is 12.8 Å². The van der Waals surface area contributed by atoms with Gasteiger partial charge in [0.05, 0.1) is 12.6 Å². The highest BCUT2D eigenvalue weighted by molar-refractivity contribution is 5.76. The van der Waals surface area contributed by atoms with Crippen LogP contribution in [0.2, 0.25) is 0 Å². The maximum atomic E-state index is 12.7. The molecule has 3 heterocycles. The summed E-state index contributed by atoms with van der Waals surface area (Å²) in [5.74, 6) is 0.212. The quantitative estimate of drug-likeness (QED) is 0.869. The SMILES string of the molecule is Cn1cccc1C1CCCCCN1C(=O)CCn1cncn1. The predicted octanol–water partition coefficient (Wildman–Crippen LogP) is 2.15. The summed E-state index contributed by atoms with van der Waals surface area (Å²) in [5.41, 5.74) is 1.23. The van der Waals surface area contributed by atoms with Crippen molar-refractivity contribution < 1.29 is 4.79 Å². The van der Waals surface area contributed by atoms with E-state index < -0.39 is 0 Å². The largest absolute Gasteiger partial charge is 0.353 e. The number of rotatable bonds is 4. The number of amides is 1. The van der Waals surface area contributed by atoms with Crippen LogP contribution in [0.4, 0.5) is 0 Å². The summed E-state index contributed by atoms with van der Waals surface area (Å²) in [5, 5.41) is 4.07. The Balaban J connectivity index is 1.72. The molecule has 1 unspecified atom stereocenters. The zero-order valence-electron chi connectivity index (χ0n) is 13.1. The van der Waals surface area contributed by atoms with Crippen molar-refractivity contribution in [1.82, 2.24) is 24.2 Å². The van der Waals surface area contributed by atoms with Crippen molar-refractivity contribution in [2.24, 2.45) is 7.05 Å². The minimum Gasteiger partial charge on any atom is -0.353 e. The van der Waals surface area contributed by atoms with E-state index >= 15 is 0 Å². The maximum absolute atomic E-state index is 12.7. The number of carbonyl (C=O) groups is 1. The smallest absolute Gasteiger partial charge is 0.224 e. The molecule has 6 heteroatoms. The lowest BCUT2D eigenvalue weighted by Gasteiger charge is -2.30. The Bertz CT molecular complexity index is 604. The van der Waals surface area contributed by atoms with Crippen LogP contribution in [0.25, 0.3) is 0 Å². The summed E-state index contributed by atoms with van der Waals surface area (Å²) >= 11 is 0. The van der Waals surface area contributed by atoms with E-state index in [0.29, 0.717) is 13.0 Å². The zero-order chi connectivity index (χ0) is 15.4. The van der Waals surface area contributed by atoms with E-state index in [9.17, 15) is 4.79 Å². The molecule has 1 atom stereocenters. The molecule has 0 radical (unpaired) electrons. The Kier molecular flexibility index (Phi) is 4.56. The van der Waals surface area contributed by atoms with E-state index in [1.54, 1.807) is 11.0 Å². The first kappa shape index (κ1) is 14.8. The molecule has 1 saturated heterocycles. The number of hydrogen-bond acceptors (Lipinski definition) is 3. The highest BCUT2D eigenvalue weighted by Gasteiger charge is 2.27. The molecule has 3 rings (SSSR count). The molecule has 1 amide bonds. The lowest BCUT2D eigenvalue weighted by Crippen LogP contribution is -2.36. The van der Waals surface area contributed by atoms with Gasteiger partial charge in [-0.3, -0.25) is 9.48 Å². The van der Waals surface area contributed by atoms with Gasteiger partial charge in [0, 0.05) is 31.9 Å². The first-order valence-corrected chi connectivity index (χ1v) is 7.99. The molecule has 118 valence electrons. The number of hydrogen-bond donors (Lipinski definition) is 0. The maximum Gasteiger partial charge on any atom is 0.224 e. The molecule has 22 heavy (non-hydrogen) atoms. The minimum absolute atomic E-state index is 0.200. The van der Waals surface area contributed by atoms with Crippen LogP contribution < -0.4 is 0 Å². The lowest BCUT2D eigenvalue weighted by atomic mass is 10.1. The third-order valence-corrected chi connectivity index (χ3v) is 4.42. The number of aromatic nitrogens is 4. The van der Waals surface area contributed by atoms with Crippen molar-refractivity contribution in [2.75, 3.05) is 6.54 Å². The Morgan fingerprint density at radius 3 is 3.00 bits per heavy atom. The Labute approximate surface area is 130 Å². The lowest BCUT2D eigenvalue weighted by molar-refractivity contribution is -0.134. The fourth-order valence-electron chi connectivity index (χ4n) is 3.24. The zero-order valence-corrected chi connectivity index (χ0v) is 13.1. The van der Waals surface area contributed by atoms with Crippen molar-refractivity contribution in [1.29, 1.82) is 0 Å². The Morgan fingerprint density at radius 1 is 1.36 bits per heavy atom. The van der Waals surface area contributed by atoms with Crippen molar-refractivity contribution in [3.63, 3.8) is 0 Å². The predicted molar refractivity (Wildman–Crippen MR) is 83.0 cm³/mol. The average molecular weight is 301 g/mol. The summed E-state index contributed by atoms with van der Waals surface area (Å²) in [4.78, 5) is 18.7. The minimum atomic E-state index is 0.200. The molecule has 0 aliphatic carbocycles. The van der Waals surface area contributed by atoms with E-state index in [1.165, 1.54) is 24.9 Å². The second kappa shape index (κ2) is 6.77. The molecule has 1 aliphatic rings. The molecule has 0 spiro atoms. The molecular formula is C16H23N5O. The summed E-state index contributed by atoms with van der Waals surface area (Å²) in [6.45, 7) is 1.45. The van der Waals surface area contributed by atoms with Gasteiger partial charge in [-0.15, -0.1) is 0 Å². The van der Waals surface area contributed by atoms with Crippen LogP contribution in [-0.2, 0) is 18.4 Å². The molecule has 0 aromatic carbocycles. The second-order valence-corrected chi connectivity index (χ2v) is 5.90. The van der Waals surface area contributed by atoms with Crippen molar-refractivity contribution >= 4 is 5.91 Å². The van der Waals surface area contributed by atoms with Crippen LogP contribution in [0.1, 0.15) is 43.8 Å². The number of aryl methyl sites for hydroxylation is 2. The van der Waals surface area contributed by atoms with Crippen LogP contribution in [0, 0.1) is 0 Å². The summed E-state index contributed by atoms with van der Waals surface area (Å²) in [7, 11) is 2.05. The second-order valence-electron chi connectivity index (χ2n) is 5.90. The van der Waals surface area contributed by atoms with Crippen LogP contribution in [0.15, 0.2) is 31.0 Å². The first-order valence-electron chi connectivity index (χ1n) is 7.99.